The lowest BCUT2D eigenvalue weighted by molar-refractivity contribution is 0.0515. The number of nitrogens with zero attached hydrogens (tertiary/aromatic N) is 5. The van der Waals surface area contributed by atoms with Gasteiger partial charge in [0.2, 0.25) is 5.82 Å². The molecule has 0 bridgehead atoms. The maximum absolute atomic E-state index is 13.3. The molecule has 2 aromatic heterocycles. The van der Waals surface area contributed by atoms with Crippen molar-refractivity contribution in [3.8, 4) is 33.8 Å². The summed E-state index contributed by atoms with van der Waals surface area (Å²) in [7, 11) is 0. The number of hydrogen-bond donors (Lipinski definition) is 1. The predicted octanol–water partition coefficient (Wildman–Crippen LogP) is 6.62. The van der Waals surface area contributed by atoms with Gasteiger partial charge in [-0.2, -0.15) is 5.21 Å². The number of carbonyl (C=O) groups is 1. The van der Waals surface area contributed by atoms with Gasteiger partial charge in [0.15, 0.2) is 5.69 Å². The Balaban J connectivity index is 1.55. The Bertz CT molecular complexity index is 1560. The number of imidazole rings is 1. The summed E-state index contributed by atoms with van der Waals surface area (Å²) < 4.78 is 7.47. The lowest BCUT2D eigenvalue weighted by atomic mass is 9.98. The van der Waals surface area contributed by atoms with Gasteiger partial charge in [-0.3, -0.25) is 0 Å². The number of aromatic amines is 1. The first-order valence-electron chi connectivity index (χ1n) is 13.0. The molecule has 2 heterocycles. The number of aromatic nitrogens is 6. The van der Waals surface area contributed by atoms with Crippen LogP contribution in [0.5, 0.6) is 0 Å². The molecule has 1 N–H and O–H groups in total. The summed E-state index contributed by atoms with van der Waals surface area (Å²) in [6.07, 6.45) is 2.70. The summed E-state index contributed by atoms with van der Waals surface area (Å²) in [5, 5.41) is 15.0. The van der Waals surface area contributed by atoms with Gasteiger partial charge in [0, 0.05) is 24.1 Å². The van der Waals surface area contributed by atoms with E-state index in [1.54, 1.807) is 6.92 Å². The van der Waals surface area contributed by atoms with Crippen molar-refractivity contribution in [1.29, 1.82) is 0 Å². The number of tetrazole rings is 1. The van der Waals surface area contributed by atoms with Crippen molar-refractivity contribution >= 4 is 17.6 Å². The largest absolute Gasteiger partial charge is 0.461 e. The van der Waals surface area contributed by atoms with E-state index in [4.69, 9.17) is 21.3 Å². The highest BCUT2D eigenvalue weighted by atomic mass is 35.5. The Kier molecular flexibility index (Phi) is 8.13. The monoisotopic (exact) mass is 540 g/mol. The van der Waals surface area contributed by atoms with Crippen molar-refractivity contribution < 1.29 is 9.53 Å². The van der Waals surface area contributed by atoms with Gasteiger partial charge < -0.3 is 9.30 Å². The van der Waals surface area contributed by atoms with Crippen LogP contribution in [-0.2, 0) is 17.7 Å². The van der Waals surface area contributed by atoms with Gasteiger partial charge in [-0.1, -0.05) is 91.7 Å². The summed E-state index contributed by atoms with van der Waals surface area (Å²) in [4.78, 5) is 18.2. The SMILES string of the molecule is CCCCc1nc(-c2ccccc2Cl)c(C(=O)OCC)n1Cc1ccc(-c2ccccc2-c2nn[nH]n2)cc1. The number of esters is 1. The van der Waals surface area contributed by atoms with E-state index in [-0.39, 0.29) is 6.61 Å². The number of rotatable bonds is 10. The maximum Gasteiger partial charge on any atom is 0.357 e. The molecule has 0 atom stereocenters. The molecule has 3 aromatic carbocycles. The van der Waals surface area contributed by atoms with Crippen LogP contribution in [0.3, 0.4) is 0 Å². The zero-order valence-corrected chi connectivity index (χ0v) is 22.7. The molecular weight excluding hydrogens is 512 g/mol. The average molecular weight is 541 g/mol. The lowest BCUT2D eigenvalue weighted by Crippen LogP contribution is -2.16. The smallest absolute Gasteiger partial charge is 0.357 e. The summed E-state index contributed by atoms with van der Waals surface area (Å²) in [6, 6.07) is 23.7. The van der Waals surface area contributed by atoms with E-state index in [0.717, 1.165) is 47.3 Å². The maximum atomic E-state index is 13.3. The zero-order valence-electron chi connectivity index (χ0n) is 21.9. The molecule has 0 radical (unpaired) electrons. The molecule has 0 spiro atoms. The zero-order chi connectivity index (χ0) is 27.2. The third kappa shape index (κ3) is 5.61. The number of halogens is 1. The molecule has 0 amide bonds. The molecule has 9 heteroatoms. The van der Waals surface area contributed by atoms with Crippen LogP contribution >= 0.6 is 11.6 Å². The molecule has 0 saturated carbocycles. The van der Waals surface area contributed by atoms with E-state index < -0.39 is 5.97 Å². The van der Waals surface area contributed by atoms with Crippen LogP contribution in [0, 0.1) is 0 Å². The minimum atomic E-state index is -0.409. The normalized spacial score (nSPS) is 11.1. The number of benzene rings is 3. The van der Waals surface area contributed by atoms with Gasteiger partial charge in [-0.25, -0.2) is 9.78 Å². The second-order valence-corrected chi connectivity index (χ2v) is 9.50. The standard InChI is InChI=1S/C30H29ClN6O2/c1-3-5-14-26-32-27(24-12-8-9-13-25(24)31)28(30(38)39-4-2)37(26)19-20-15-17-21(18-16-20)22-10-6-7-11-23(22)29-33-35-36-34-29/h6-13,15-18H,3-5,14,19H2,1-2H3,(H,33,34,35,36). The molecule has 5 rings (SSSR count). The highest BCUT2D eigenvalue weighted by Crippen LogP contribution is 2.33. The molecule has 0 aliphatic heterocycles. The Morgan fingerprint density at radius 3 is 2.33 bits per heavy atom. The Labute approximate surface area is 232 Å². The molecule has 0 unspecified atom stereocenters. The van der Waals surface area contributed by atoms with Crippen LogP contribution in [0.15, 0.2) is 72.8 Å². The van der Waals surface area contributed by atoms with Crippen molar-refractivity contribution in [3.05, 3.63) is 94.9 Å². The van der Waals surface area contributed by atoms with Crippen LogP contribution in [0.2, 0.25) is 5.02 Å². The molecular formula is C30H29ClN6O2. The minimum absolute atomic E-state index is 0.269. The fourth-order valence-electron chi connectivity index (χ4n) is 4.62. The first kappa shape index (κ1) is 26.3. The number of H-pyrrole nitrogens is 1. The molecule has 0 aliphatic carbocycles. The second-order valence-electron chi connectivity index (χ2n) is 9.09. The van der Waals surface area contributed by atoms with Gasteiger partial charge in [-0.15, -0.1) is 10.2 Å². The van der Waals surface area contributed by atoms with Gasteiger partial charge in [-0.05, 0) is 41.3 Å². The molecule has 8 nitrogen and oxygen atoms in total. The highest BCUT2D eigenvalue weighted by Gasteiger charge is 2.26. The van der Waals surface area contributed by atoms with Crippen LogP contribution < -0.4 is 0 Å². The van der Waals surface area contributed by atoms with Gasteiger partial charge >= 0.3 is 5.97 Å². The fraction of sp³-hybridized carbons (Fsp3) is 0.233. The number of ether oxygens (including phenoxy) is 1. The number of hydrogen-bond acceptors (Lipinski definition) is 6. The van der Waals surface area contributed by atoms with Gasteiger partial charge in [0.05, 0.1) is 11.6 Å². The number of nitrogens with one attached hydrogen (secondary N) is 1. The first-order valence-corrected chi connectivity index (χ1v) is 13.4. The van der Waals surface area contributed by atoms with E-state index in [1.807, 2.05) is 53.1 Å². The van der Waals surface area contributed by atoms with Gasteiger partial charge in [0.25, 0.3) is 0 Å². The third-order valence-corrected chi connectivity index (χ3v) is 6.85. The molecule has 39 heavy (non-hydrogen) atoms. The average Bonchev–Trinajstić information content (AvgIpc) is 3.62. The van der Waals surface area contributed by atoms with Crippen LogP contribution in [0.25, 0.3) is 33.8 Å². The van der Waals surface area contributed by atoms with Crippen molar-refractivity contribution in [2.75, 3.05) is 6.61 Å². The van der Waals surface area contributed by atoms with E-state index in [1.165, 1.54) is 0 Å². The van der Waals surface area contributed by atoms with Crippen molar-refractivity contribution in [1.82, 2.24) is 30.2 Å². The third-order valence-electron chi connectivity index (χ3n) is 6.52. The minimum Gasteiger partial charge on any atom is -0.461 e. The molecule has 0 aliphatic rings. The van der Waals surface area contributed by atoms with Gasteiger partial charge in [0.1, 0.15) is 11.5 Å². The van der Waals surface area contributed by atoms with E-state index in [2.05, 4.69) is 51.8 Å². The Morgan fingerprint density at radius 1 is 0.949 bits per heavy atom. The molecule has 198 valence electrons. The quantitative estimate of drug-likeness (QED) is 0.200. The Hall–Kier alpha value is -4.30. The van der Waals surface area contributed by atoms with E-state index in [0.29, 0.717) is 34.3 Å². The second kappa shape index (κ2) is 12.0. The molecule has 0 fully saturated rings. The fourth-order valence-corrected chi connectivity index (χ4v) is 4.85. The van der Waals surface area contributed by atoms with Crippen LogP contribution in [0.4, 0.5) is 0 Å². The van der Waals surface area contributed by atoms with Crippen molar-refractivity contribution in [3.63, 3.8) is 0 Å². The highest BCUT2D eigenvalue weighted by molar-refractivity contribution is 6.33. The number of unbranched alkanes of at least 4 members (excludes halogenated alkanes) is 1. The number of aryl methyl sites for hydroxylation is 1. The summed E-state index contributed by atoms with van der Waals surface area (Å²) in [5.41, 5.74) is 5.64. The first-order chi connectivity index (χ1) is 19.1. The topological polar surface area (TPSA) is 98.6 Å². The van der Waals surface area contributed by atoms with Crippen molar-refractivity contribution in [2.45, 2.75) is 39.7 Å². The van der Waals surface area contributed by atoms with Crippen LogP contribution in [-0.4, -0.2) is 42.8 Å². The van der Waals surface area contributed by atoms with E-state index >= 15 is 0 Å². The summed E-state index contributed by atoms with van der Waals surface area (Å²) in [6.45, 7) is 4.68. The Morgan fingerprint density at radius 2 is 1.67 bits per heavy atom. The summed E-state index contributed by atoms with van der Waals surface area (Å²) in [5.74, 6) is 0.967. The van der Waals surface area contributed by atoms with Crippen LogP contribution in [0.1, 0.15) is 48.6 Å². The molecule has 5 aromatic rings. The lowest BCUT2D eigenvalue weighted by Gasteiger charge is -2.13. The van der Waals surface area contributed by atoms with E-state index in [9.17, 15) is 4.79 Å². The number of carbonyl (C=O) groups excluding carboxylic acids is 1. The summed E-state index contributed by atoms with van der Waals surface area (Å²) >= 11 is 6.55. The molecule has 0 saturated heterocycles. The van der Waals surface area contributed by atoms with Crippen molar-refractivity contribution in [2.24, 2.45) is 0 Å². The predicted molar refractivity (Wildman–Crippen MR) is 151 cm³/mol.